The SMILES string of the molecule is FC(F)(F)c1cccc(-c2nn3c(c2-c2ccc4nccnc4c2)CCC3)c1. The van der Waals surface area contributed by atoms with Crippen LogP contribution in [-0.4, -0.2) is 19.7 Å². The Bertz CT molecular complexity index is 1190. The molecule has 4 nitrogen and oxygen atoms in total. The van der Waals surface area contributed by atoms with Gasteiger partial charge in [0.2, 0.25) is 0 Å². The van der Waals surface area contributed by atoms with E-state index in [0.29, 0.717) is 11.3 Å². The van der Waals surface area contributed by atoms with Gasteiger partial charge in [-0.3, -0.25) is 14.6 Å². The summed E-state index contributed by atoms with van der Waals surface area (Å²) in [4.78, 5) is 8.64. The number of fused-ring (bicyclic) bond motifs is 2. The maximum absolute atomic E-state index is 13.2. The molecule has 0 radical (unpaired) electrons. The molecule has 0 unspecified atom stereocenters. The van der Waals surface area contributed by atoms with Gasteiger partial charge in [-0.15, -0.1) is 0 Å². The number of hydrogen-bond donors (Lipinski definition) is 0. The Hall–Kier alpha value is -3.22. The predicted molar refractivity (Wildman–Crippen MR) is 99.5 cm³/mol. The van der Waals surface area contributed by atoms with E-state index >= 15 is 0 Å². The Morgan fingerprint density at radius 1 is 0.893 bits per heavy atom. The zero-order valence-corrected chi connectivity index (χ0v) is 14.7. The first-order valence-corrected chi connectivity index (χ1v) is 8.99. The molecule has 3 heterocycles. The second-order valence-electron chi connectivity index (χ2n) is 6.84. The van der Waals surface area contributed by atoms with Gasteiger partial charge in [-0.1, -0.05) is 18.2 Å². The Morgan fingerprint density at radius 3 is 2.54 bits per heavy atom. The Morgan fingerprint density at radius 2 is 1.71 bits per heavy atom. The Kier molecular flexibility index (Phi) is 3.72. The second kappa shape index (κ2) is 6.15. The molecule has 5 rings (SSSR count). The molecule has 0 saturated heterocycles. The fourth-order valence-electron chi connectivity index (χ4n) is 3.80. The lowest BCUT2D eigenvalue weighted by molar-refractivity contribution is -0.137. The van der Waals surface area contributed by atoms with Gasteiger partial charge < -0.3 is 0 Å². The molecule has 140 valence electrons. The van der Waals surface area contributed by atoms with Crippen molar-refractivity contribution in [3.63, 3.8) is 0 Å². The van der Waals surface area contributed by atoms with Crippen molar-refractivity contribution in [2.24, 2.45) is 0 Å². The van der Waals surface area contributed by atoms with Crippen molar-refractivity contribution in [1.29, 1.82) is 0 Å². The van der Waals surface area contributed by atoms with E-state index in [1.165, 1.54) is 12.1 Å². The number of hydrogen-bond acceptors (Lipinski definition) is 3. The maximum atomic E-state index is 13.2. The van der Waals surface area contributed by atoms with Gasteiger partial charge in [0.05, 0.1) is 16.6 Å². The summed E-state index contributed by atoms with van der Waals surface area (Å²) in [5.74, 6) is 0. The summed E-state index contributed by atoms with van der Waals surface area (Å²) in [5, 5.41) is 4.65. The molecule has 0 spiro atoms. The van der Waals surface area contributed by atoms with Crippen LogP contribution in [-0.2, 0) is 19.1 Å². The molecule has 0 fully saturated rings. The largest absolute Gasteiger partial charge is 0.416 e. The third-order valence-electron chi connectivity index (χ3n) is 5.06. The summed E-state index contributed by atoms with van der Waals surface area (Å²) in [6.45, 7) is 0.773. The fraction of sp³-hybridized carbons (Fsp3) is 0.190. The van der Waals surface area contributed by atoms with Gasteiger partial charge in [0.15, 0.2) is 0 Å². The first kappa shape index (κ1) is 16.9. The van der Waals surface area contributed by atoms with E-state index < -0.39 is 11.7 Å². The maximum Gasteiger partial charge on any atom is 0.416 e. The summed E-state index contributed by atoms with van der Waals surface area (Å²) in [5.41, 5.74) is 4.70. The molecule has 0 N–H and O–H groups in total. The van der Waals surface area contributed by atoms with Crippen molar-refractivity contribution in [3.05, 3.63) is 66.1 Å². The fourth-order valence-corrected chi connectivity index (χ4v) is 3.80. The van der Waals surface area contributed by atoms with Crippen molar-refractivity contribution in [2.75, 3.05) is 0 Å². The van der Waals surface area contributed by atoms with Gasteiger partial charge in [0.1, 0.15) is 5.69 Å². The van der Waals surface area contributed by atoms with E-state index in [4.69, 9.17) is 0 Å². The van der Waals surface area contributed by atoms with Gasteiger partial charge in [-0.05, 0) is 42.7 Å². The van der Waals surface area contributed by atoms with Crippen molar-refractivity contribution in [3.8, 4) is 22.4 Å². The van der Waals surface area contributed by atoms with Crippen LogP contribution in [0.5, 0.6) is 0 Å². The van der Waals surface area contributed by atoms with Crippen LogP contribution in [0.2, 0.25) is 0 Å². The van der Waals surface area contributed by atoms with Gasteiger partial charge in [-0.25, -0.2) is 0 Å². The third kappa shape index (κ3) is 2.74. The van der Waals surface area contributed by atoms with Crippen LogP contribution < -0.4 is 0 Å². The molecule has 28 heavy (non-hydrogen) atoms. The molecule has 0 saturated carbocycles. The molecule has 2 aromatic heterocycles. The molecule has 1 aliphatic heterocycles. The lowest BCUT2D eigenvalue weighted by atomic mass is 9.96. The van der Waals surface area contributed by atoms with Crippen LogP contribution in [0.4, 0.5) is 13.2 Å². The Labute approximate surface area is 158 Å². The van der Waals surface area contributed by atoms with E-state index in [9.17, 15) is 13.2 Å². The van der Waals surface area contributed by atoms with Crippen LogP contribution in [0.25, 0.3) is 33.4 Å². The highest BCUT2D eigenvalue weighted by Gasteiger charge is 2.31. The average molecular weight is 380 g/mol. The topological polar surface area (TPSA) is 43.6 Å². The monoisotopic (exact) mass is 380 g/mol. The molecule has 4 aromatic rings. The van der Waals surface area contributed by atoms with Crippen LogP contribution >= 0.6 is 0 Å². The smallest absolute Gasteiger partial charge is 0.268 e. The molecule has 7 heteroatoms. The summed E-state index contributed by atoms with van der Waals surface area (Å²) < 4.78 is 41.5. The van der Waals surface area contributed by atoms with Gasteiger partial charge in [-0.2, -0.15) is 18.3 Å². The van der Waals surface area contributed by atoms with Crippen molar-refractivity contribution in [2.45, 2.75) is 25.6 Å². The first-order chi connectivity index (χ1) is 13.5. The highest BCUT2D eigenvalue weighted by Crippen LogP contribution is 2.39. The highest BCUT2D eigenvalue weighted by molar-refractivity contribution is 5.88. The van der Waals surface area contributed by atoms with Crippen LogP contribution in [0.3, 0.4) is 0 Å². The van der Waals surface area contributed by atoms with E-state index in [2.05, 4.69) is 15.1 Å². The van der Waals surface area contributed by atoms with Crippen molar-refractivity contribution >= 4 is 11.0 Å². The summed E-state index contributed by atoms with van der Waals surface area (Å²) in [6, 6.07) is 11.1. The summed E-state index contributed by atoms with van der Waals surface area (Å²) >= 11 is 0. The van der Waals surface area contributed by atoms with Crippen LogP contribution in [0.15, 0.2) is 54.9 Å². The van der Waals surface area contributed by atoms with E-state index in [1.807, 2.05) is 22.9 Å². The normalized spacial score (nSPS) is 13.8. The predicted octanol–water partition coefficient (Wildman–Crippen LogP) is 5.13. The first-order valence-electron chi connectivity index (χ1n) is 8.99. The molecular formula is C21H15F3N4. The zero-order valence-electron chi connectivity index (χ0n) is 14.7. The van der Waals surface area contributed by atoms with Crippen molar-refractivity contribution < 1.29 is 13.2 Å². The zero-order chi connectivity index (χ0) is 19.3. The minimum Gasteiger partial charge on any atom is -0.268 e. The molecule has 0 bridgehead atoms. The molecule has 0 amide bonds. The standard InChI is InChI=1S/C21H15F3N4/c22-21(23,24)15-4-1-3-14(11-15)20-19(18-5-2-10-28(18)27-20)13-6-7-16-17(12-13)26-9-8-25-16/h1,3-4,6-9,11-12H,2,5,10H2. The minimum absolute atomic E-state index is 0.464. The van der Waals surface area contributed by atoms with Crippen LogP contribution in [0.1, 0.15) is 17.7 Å². The van der Waals surface area contributed by atoms with Crippen LogP contribution in [0, 0.1) is 0 Å². The number of rotatable bonds is 2. The molecule has 0 aliphatic carbocycles. The van der Waals surface area contributed by atoms with Crippen molar-refractivity contribution in [1.82, 2.24) is 19.7 Å². The number of benzene rings is 2. The minimum atomic E-state index is -4.39. The molecule has 2 aromatic carbocycles. The van der Waals surface area contributed by atoms with E-state index in [-0.39, 0.29) is 0 Å². The lowest BCUT2D eigenvalue weighted by Crippen LogP contribution is -2.04. The van der Waals surface area contributed by atoms with E-state index in [1.54, 1.807) is 18.5 Å². The number of aryl methyl sites for hydroxylation is 1. The summed E-state index contributed by atoms with van der Waals surface area (Å²) in [7, 11) is 0. The van der Waals surface area contributed by atoms with Gasteiger partial charge in [0, 0.05) is 35.8 Å². The number of halogens is 3. The molecular weight excluding hydrogens is 365 g/mol. The summed E-state index contributed by atoms with van der Waals surface area (Å²) in [6.07, 6.45) is 0.693. The van der Waals surface area contributed by atoms with Gasteiger partial charge in [0.25, 0.3) is 0 Å². The van der Waals surface area contributed by atoms with E-state index in [0.717, 1.165) is 53.3 Å². The molecule has 0 atom stereocenters. The number of nitrogens with zero attached hydrogens (tertiary/aromatic N) is 4. The Balaban J connectivity index is 1.72. The number of aromatic nitrogens is 4. The lowest BCUT2D eigenvalue weighted by Gasteiger charge is -2.10. The number of alkyl halides is 3. The molecule has 1 aliphatic rings. The second-order valence-corrected chi connectivity index (χ2v) is 6.84. The average Bonchev–Trinajstić information content (AvgIpc) is 3.28. The van der Waals surface area contributed by atoms with Gasteiger partial charge >= 0.3 is 6.18 Å². The third-order valence-corrected chi connectivity index (χ3v) is 5.06. The quantitative estimate of drug-likeness (QED) is 0.484. The highest BCUT2D eigenvalue weighted by atomic mass is 19.4.